The van der Waals surface area contributed by atoms with E-state index in [-0.39, 0.29) is 37.0 Å². The van der Waals surface area contributed by atoms with Crippen molar-refractivity contribution in [1.29, 1.82) is 0 Å². The minimum atomic E-state index is -2.96. The maximum atomic E-state index is 13.8. The van der Waals surface area contributed by atoms with Crippen LogP contribution in [0.5, 0.6) is 11.5 Å². The van der Waals surface area contributed by atoms with Crippen molar-refractivity contribution in [2.24, 2.45) is 0 Å². The summed E-state index contributed by atoms with van der Waals surface area (Å²) in [6.45, 7) is -2.42. The molecule has 152 valence electrons. The number of methoxy groups -OCH3 is 1. The van der Waals surface area contributed by atoms with Gasteiger partial charge in [-0.3, -0.25) is 4.79 Å². The van der Waals surface area contributed by atoms with Gasteiger partial charge >= 0.3 is 6.61 Å². The quantitative estimate of drug-likeness (QED) is 0.659. The van der Waals surface area contributed by atoms with E-state index in [2.05, 4.69) is 10.1 Å². The Balaban J connectivity index is 1.89. The van der Waals surface area contributed by atoms with Gasteiger partial charge in [0.2, 0.25) is 0 Å². The summed E-state index contributed by atoms with van der Waals surface area (Å²) in [6.07, 6.45) is 0. The van der Waals surface area contributed by atoms with Gasteiger partial charge < -0.3 is 19.7 Å². The monoisotopic (exact) mass is 417 g/mol. The summed E-state index contributed by atoms with van der Waals surface area (Å²) in [5, 5.41) is 3.04. The molecule has 1 unspecified atom stereocenters. The number of ether oxygens (including phenoxy) is 2. The molecular weight excluding hydrogens is 397 g/mol. The molecule has 28 heavy (non-hydrogen) atoms. The molecule has 0 saturated heterocycles. The van der Waals surface area contributed by atoms with Gasteiger partial charge in [-0.25, -0.2) is 4.39 Å². The number of likely N-dealkylation sites (N-methyl/N-ethyl adjacent to an activating group) is 1. The molecule has 2 rings (SSSR count). The molecule has 0 bridgehead atoms. The summed E-state index contributed by atoms with van der Waals surface area (Å²) in [6, 6.07) is 8.86. The number of benzene rings is 2. The molecule has 2 aromatic rings. The standard InChI is InChI=1S/C19H20ClF3N2O3/c1-25(10-13-14(20)4-3-5-15(13)21)11-18(26)24-9-12-6-7-16(28-19(22)23)17(8-12)27-2/h3-8,19H,9-11H2,1-2H3,(H,24,26)/p+1. The lowest BCUT2D eigenvalue weighted by Gasteiger charge is -2.15. The Morgan fingerprint density at radius 3 is 2.64 bits per heavy atom. The van der Waals surface area contributed by atoms with Crippen LogP contribution in [0, 0.1) is 5.82 Å². The third-order valence-corrected chi connectivity index (χ3v) is 4.29. The van der Waals surface area contributed by atoms with Gasteiger partial charge in [-0.1, -0.05) is 23.7 Å². The van der Waals surface area contributed by atoms with Gasteiger partial charge in [-0.15, -0.1) is 0 Å². The van der Waals surface area contributed by atoms with Crippen molar-refractivity contribution >= 4 is 17.5 Å². The normalized spacial score (nSPS) is 12.0. The van der Waals surface area contributed by atoms with Crippen LogP contribution < -0.4 is 19.7 Å². The van der Waals surface area contributed by atoms with Gasteiger partial charge in [0.15, 0.2) is 18.0 Å². The topological polar surface area (TPSA) is 52.0 Å². The molecule has 0 aliphatic heterocycles. The van der Waals surface area contributed by atoms with Crippen molar-refractivity contribution in [2.45, 2.75) is 19.7 Å². The minimum Gasteiger partial charge on any atom is -0.493 e. The molecular formula is C19H21ClF3N2O3+. The van der Waals surface area contributed by atoms with Crippen LogP contribution in [0.1, 0.15) is 11.1 Å². The Morgan fingerprint density at radius 1 is 1.25 bits per heavy atom. The Labute approximate surface area is 166 Å². The van der Waals surface area contributed by atoms with Crippen LogP contribution in [-0.4, -0.2) is 33.2 Å². The third-order valence-electron chi connectivity index (χ3n) is 3.94. The fraction of sp³-hybridized carbons (Fsp3) is 0.316. The molecule has 2 N–H and O–H groups in total. The first-order valence-corrected chi connectivity index (χ1v) is 8.80. The molecule has 9 heteroatoms. The number of nitrogens with one attached hydrogen (secondary N) is 2. The van der Waals surface area contributed by atoms with Crippen LogP contribution in [-0.2, 0) is 17.9 Å². The minimum absolute atomic E-state index is 0.0847. The van der Waals surface area contributed by atoms with Crippen LogP contribution in [0.15, 0.2) is 36.4 Å². The van der Waals surface area contributed by atoms with Crippen LogP contribution >= 0.6 is 11.6 Å². The number of hydrogen-bond donors (Lipinski definition) is 2. The third kappa shape index (κ3) is 6.31. The molecule has 1 amide bonds. The van der Waals surface area contributed by atoms with Crippen LogP contribution in [0.2, 0.25) is 5.02 Å². The van der Waals surface area contributed by atoms with Crippen molar-refractivity contribution < 1.29 is 32.3 Å². The van der Waals surface area contributed by atoms with E-state index < -0.39 is 12.4 Å². The van der Waals surface area contributed by atoms with E-state index in [0.29, 0.717) is 16.1 Å². The predicted molar refractivity (Wildman–Crippen MR) is 98.3 cm³/mol. The lowest BCUT2D eigenvalue weighted by molar-refractivity contribution is -0.885. The number of alkyl halides is 2. The van der Waals surface area contributed by atoms with Gasteiger partial charge in [0.1, 0.15) is 12.4 Å². The summed E-state index contributed by atoms with van der Waals surface area (Å²) in [5.74, 6) is -0.607. The van der Waals surface area contributed by atoms with Gasteiger partial charge in [0.25, 0.3) is 5.91 Å². The van der Waals surface area contributed by atoms with E-state index in [9.17, 15) is 18.0 Å². The van der Waals surface area contributed by atoms with Crippen LogP contribution in [0.3, 0.4) is 0 Å². The van der Waals surface area contributed by atoms with E-state index >= 15 is 0 Å². The number of hydrogen-bond acceptors (Lipinski definition) is 3. The summed E-state index contributed by atoms with van der Waals surface area (Å²) in [4.78, 5) is 12.9. The summed E-state index contributed by atoms with van der Waals surface area (Å²) >= 11 is 6.00. The molecule has 0 radical (unpaired) electrons. The number of quaternary nitrogens is 1. The van der Waals surface area contributed by atoms with Crippen molar-refractivity contribution in [3.63, 3.8) is 0 Å². The molecule has 0 spiro atoms. The van der Waals surface area contributed by atoms with Crippen molar-refractivity contribution in [3.05, 3.63) is 58.4 Å². The summed E-state index contributed by atoms with van der Waals surface area (Å²) < 4.78 is 47.9. The zero-order valence-electron chi connectivity index (χ0n) is 15.4. The lowest BCUT2D eigenvalue weighted by atomic mass is 10.2. The van der Waals surface area contributed by atoms with Gasteiger partial charge in [0, 0.05) is 6.54 Å². The Morgan fingerprint density at radius 2 is 2.00 bits per heavy atom. The number of carbonyl (C=O) groups is 1. The fourth-order valence-electron chi connectivity index (χ4n) is 2.62. The van der Waals surface area contributed by atoms with E-state index in [1.165, 1.54) is 31.4 Å². The van der Waals surface area contributed by atoms with E-state index in [1.54, 1.807) is 19.2 Å². The second-order valence-electron chi connectivity index (χ2n) is 6.15. The van der Waals surface area contributed by atoms with E-state index in [4.69, 9.17) is 16.3 Å². The van der Waals surface area contributed by atoms with Gasteiger partial charge in [-0.05, 0) is 29.8 Å². The second-order valence-corrected chi connectivity index (χ2v) is 6.56. The number of halogens is 4. The van der Waals surface area contributed by atoms with Crippen molar-refractivity contribution in [3.8, 4) is 11.5 Å². The average molecular weight is 418 g/mol. The summed E-state index contributed by atoms with van der Waals surface area (Å²) in [5.41, 5.74) is 1.01. The average Bonchev–Trinajstić information content (AvgIpc) is 2.63. The number of amides is 1. The fourth-order valence-corrected chi connectivity index (χ4v) is 2.85. The number of carbonyl (C=O) groups excluding carboxylic acids is 1. The highest BCUT2D eigenvalue weighted by Crippen LogP contribution is 2.29. The molecule has 0 saturated carbocycles. The molecule has 0 aliphatic carbocycles. The molecule has 0 aromatic heterocycles. The molecule has 5 nitrogen and oxygen atoms in total. The van der Waals surface area contributed by atoms with Crippen LogP contribution in [0.25, 0.3) is 0 Å². The van der Waals surface area contributed by atoms with Gasteiger partial charge in [0.05, 0.1) is 24.7 Å². The lowest BCUT2D eigenvalue weighted by Crippen LogP contribution is -3.09. The first kappa shape index (κ1) is 21.8. The van der Waals surface area contributed by atoms with Crippen molar-refractivity contribution in [2.75, 3.05) is 20.7 Å². The van der Waals surface area contributed by atoms with Gasteiger partial charge in [-0.2, -0.15) is 8.78 Å². The Hall–Kier alpha value is -2.45. The first-order chi connectivity index (χ1) is 13.3. The molecule has 2 aromatic carbocycles. The highest BCUT2D eigenvalue weighted by molar-refractivity contribution is 6.31. The first-order valence-electron chi connectivity index (χ1n) is 8.42. The largest absolute Gasteiger partial charge is 0.493 e. The summed E-state index contributed by atoms with van der Waals surface area (Å²) in [7, 11) is 3.09. The molecule has 0 aliphatic rings. The Bertz CT molecular complexity index is 801. The molecule has 0 heterocycles. The maximum Gasteiger partial charge on any atom is 0.387 e. The smallest absolute Gasteiger partial charge is 0.387 e. The van der Waals surface area contributed by atoms with E-state index in [1.807, 2.05) is 0 Å². The molecule has 0 fully saturated rings. The highest BCUT2D eigenvalue weighted by Gasteiger charge is 2.16. The zero-order chi connectivity index (χ0) is 20.7. The maximum absolute atomic E-state index is 13.8. The predicted octanol–water partition coefficient (Wildman–Crippen LogP) is 2.42. The molecule has 1 atom stereocenters. The van der Waals surface area contributed by atoms with Crippen LogP contribution in [0.4, 0.5) is 13.2 Å². The Kier molecular flexibility index (Phi) is 7.95. The zero-order valence-corrected chi connectivity index (χ0v) is 16.2. The second kappa shape index (κ2) is 10.2. The highest BCUT2D eigenvalue weighted by atomic mass is 35.5. The van der Waals surface area contributed by atoms with E-state index in [0.717, 1.165) is 4.90 Å². The number of rotatable bonds is 9. The van der Waals surface area contributed by atoms with Crippen molar-refractivity contribution in [1.82, 2.24) is 5.32 Å². The SMILES string of the molecule is COc1cc(CNC(=O)C[NH+](C)Cc2c(F)cccc2Cl)ccc1OC(F)F.